The molecular weight excluding hydrogens is 286 g/mol. The lowest BCUT2D eigenvalue weighted by Gasteiger charge is -2.16. The first-order chi connectivity index (χ1) is 11.2. The largest absolute Gasteiger partial charge is 0.356 e. The molecule has 3 heterocycles. The third-order valence-electron chi connectivity index (χ3n) is 4.17. The van der Waals surface area contributed by atoms with Gasteiger partial charge in [-0.05, 0) is 32.3 Å². The van der Waals surface area contributed by atoms with Gasteiger partial charge >= 0.3 is 0 Å². The number of rotatable bonds is 4. The van der Waals surface area contributed by atoms with Crippen LogP contribution in [-0.4, -0.2) is 33.9 Å². The van der Waals surface area contributed by atoms with Crippen LogP contribution in [0.3, 0.4) is 0 Å². The lowest BCUT2D eigenvalue weighted by atomic mass is 10.1. The lowest BCUT2D eigenvalue weighted by molar-refractivity contribution is 0.659. The molecule has 1 saturated heterocycles. The molecule has 1 unspecified atom stereocenters. The Morgan fingerprint density at radius 3 is 2.96 bits per heavy atom. The molecule has 0 amide bonds. The van der Waals surface area contributed by atoms with Crippen molar-refractivity contribution in [3.63, 3.8) is 0 Å². The fourth-order valence-electron chi connectivity index (χ4n) is 2.89. The van der Waals surface area contributed by atoms with Crippen LogP contribution in [0.15, 0.2) is 41.8 Å². The monoisotopic (exact) mass is 309 g/mol. The highest BCUT2D eigenvalue weighted by molar-refractivity contribution is 6.12. The third kappa shape index (κ3) is 3.18. The number of nitrogens with zero attached hydrogens (tertiary/aromatic N) is 5. The van der Waals surface area contributed by atoms with Crippen LogP contribution < -0.4 is 4.90 Å². The van der Waals surface area contributed by atoms with E-state index in [1.54, 1.807) is 6.20 Å². The van der Waals surface area contributed by atoms with E-state index in [4.69, 9.17) is 4.98 Å². The van der Waals surface area contributed by atoms with E-state index in [0.29, 0.717) is 0 Å². The second-order valence-electron chi connectivity index (χ2n) is 5.96. The number of hydrogen-bond donors (Lipinski definition) is 0. The first kappa shape index (κ1) is 15.5. The van der Waals surface area contributed by atoms with Crippen molar-refractivity contribution in [3.8, 4) is 0 Å². The van der Waals surface area contributed by atoms with Gasteiger partial charge in [-0.25, -0.2) is 9.50 Å². The average molecular weight is 309 g/mol. The van der Waals surface area contributed by atoms with Crippen molar-refractivity contribution in [3.05, 3.63) is 42.4 Å². The minimum atomic E-state index is 0.733. The average Bonchev–Trinajstić information content (AvgIpc) is 3.17. The van der Waals surface area contributed by atoms with Crippen LogP contribution in [0.25, 0.3) is 11.2 Å². The molecule has 1 atom stereocenters. The van der Waals surface area contributed by atoms with Gasteiger partial charge in [-0.2, -0.15) is 5.10 Å². The zero-order valence-corrected chi connectivity index (χ0v) is 14.0. The summed E-state index contributed by atoms with van der Waals surface area (Å²) in [5, 5.41) is 4.41. The smallest absolute Gasteiger partial charge is 0.165 e. The predicted octanol–water partition coefficient (Wildman–Crippen LogP) is 3.58. The molecule has 3 rings (SSSR count). The zero-order valence-electron chi connectivity index (χ0n) is 14.0. The molecule has 2 aromatic rings. The quantitative estimate of drug-likeness (QED) is 0.811. The molecule has 5 heteroatoms. The summed E-state index contributed by atoms with van der Waals surface area (Å²) in [5.74, 6) is 1.76. The molecule has 1 fully saturated rings. The van der Waals surface area contributed by atoms with Gasteiger partial charge in [0.1, 0.15) is 5.82 Å². The molecule has 0 spiro atoms. The Morgan fingerprint density at radius 2 is 2.26 bits per heavy atom. The van der Waals surface area contributed by atoms with Crippen LogP contribution in [0.2, 0.25) is 0 Å². The molecule has 1 aliphatic rings. The Kier molecular flexibility index (Phi) is 4.55. The van der Waals surface area contributed by atoms with Crippen LogP contribution in [-0.2, 0) is 0 Å². The summed E-state index contributed by atoms with van der Waals surface area (Å²) in [7, 11) is 0. The summed E-state index contributed by atoms with van der Waals surface area (Å²) < 4.78 is 1.82. The fraction of sp³-hybridized carbons (Fsp3) is 0.389. The molecule has 0 aromatic carbocycles. The van der Waals surface area contributed by atoms with E-state index in [0.717, 1.165) is 41.6 Å². The van der Waals surface area contributed by atoms with E-state index >= 15 is 0 Å². The fourth-order valence-corrected chi connectivity index (χ4v) is 2.89. The van der Waals surface area contributed by atoms with Crippen molar-refractivity contribution in [2.24, 2.45) is 10.9 Å². The molecule has 2 aromatic heterocycles. The Balaban J connectivity index is 1.98. The van der Waals surface area contributed by atoms with E-state index in [2.05, 4.69) is 21.9 Å². The molecule has 0 saturated carbocycles. The van der Waals surface area contributed by atoms with Crippen LogP contribution in [0.4, 0.5) is 5.82 Å². The van der Waals surface area contributed by atoms with Gasteiger partial charge in [0, 0.05) is 42.8 Å². The van der Waals surface area contributed by atoms with Crippen LogP contribution >= 0.6 is 0 Å². The Morgan fingerprint density at radius 1 is 1.39 bits per heavy atom. The van der Waals surface area contributed by atoms with Crippen molar-refractivity contribution >= 4 is 23.3 Å². The first-order valence-corrected chi connectivity index (χ1v) is 8.13. The summed E-state index contributed by atoms with van der Waals surface area (Å²) in [6.07, 6.45) is 12.6. The van der Waals surface area contributed by atoms with Crippen molar-refractivity contribution < 1.29 is 0 Å². The summed E-state index contributed by atoms with van der Waals surface area (Å²) >= 11 is 0. The number of fused-ring (bicyclic) bond motifs is 1. The Labute approximate surface area is 137 Å². The maximum absolute atomic E-state index is 4.85. The summed E-state index contributed by atoms with van der Waals surface area (Å²) in [6.45, 7) is 8.40. The van der Waals surface area contributed by atoms with E-state index < -0.39 is 0 Å². The topological polar surface area (TPSA) is 45.8 Å². The number of anilines is 1. The van der Waals surface area contributed by atoms with Gasteiger partial charge < -0.3 is 4.90 Å². The van der Waals surface area contributed by atoms with Gasteiger partial charge in [0.15, 0.2) is 5.65 Å². The van der Waals surface area contributed by atoms with E-state index in [-0.39, 0.29) is 0 Å². The number of allylic oxidation sites excluding steroid dienone is 3. The van der Waals surface area contributed by atoms with Crippen molar-refractivity contribution in [1.29, 1.82) is 0 Å². The van der Waals surface area contributed by atoms with Gasteiger partial charge in [-0.3, -0.25) is 4.99 Å². The van der Waals surface area contributed by atoms with Crippen molar-refractivity contribution in [2.75, 3.05) is 18.0 Å². The summed E-state index contributed by atoms with van der Waals surface area (Å²) in [5.41, 5.74) is 2.91. The second-order valence-corrected chi connectivity index (χ2v) is 5.96. The maximum atomic E-state index is 4.85. The van der Waals surface area contributed by atoms with Gasteiger partial charge in [0.25, 0.3) is 0 Å². The molecule has 1 aliphatic heterocycles. The van der Waals surface area contributed by atoms with Crippen molar-refractivity contribution in [1.82, 2.24) is 14.6 Å². The minimum Gasteiger partial charge on any atom is -0.356 e. The summed E-state index contributed by atoms with van der Waals surface area (Å²) in [4.78, 5) is 11.5. The standard InChI is InChI=1S/C18H23N5/c1-4-8-19-11-15(5-2)16-12-20-23-10-7-17(21-18(16)23)22-9-6-14(3)13-22/h4-5,7-8,10-12,14H,6,9,13H2,1-3H3. The zero-order chi connectivity index (χ0) is 16.2. The van der Waals surface area contributed by atoms with Crippen LogP contribution in [0, 0.1) is 5.92 Å². The first-order valence-electron chi connectivity index (χ1n) is 8.13. The van der Waals surface area contributed by atoms with Gasteiger partial charge in [0.05, 0.1) is 6.20 Å². The predicted molar refractivity (Wildman–Crippen MR) is 95.9 cm³/mol. The van der Waals surface area contributed by atoms with Gasteiger partial charge in [-0.15, -0.1) is 0 Å². The van der Waals surface area contributed by atoms with E-state index in [1.807, 2.05) is 55.2 Å². The maximum Gasteiger partial charge on any atom is 0.165 e. The van der Waals surface area contributed by atoms with Gasteiger partial charge in [0.2, 0.25) is 0 Å². The minimum absolute atomic E-state index is 0.733. The van der Waals surface area contributed by atoms with E-state index in [1.165, 1.54) is 6.42 Å². The van der Waals surface area contributed by atoms with Crippen molar-refractivity contribution in [2.45, 2.75) is 27.2 Å². The third-order valence-corrected chi connectivity index (χ3v) is 4.17. The van der Waals surface area contributed by atoms with Gasteiger partial charge in [-0.1, -0.05) is 19.1 Å². The highest BCUT2D eigenvalue weighted by atomic mass is 15.3. The summed E-state index contributed by atoms with van der Waals surface area (Å²) in [6, 6.07) is 2.05. The normalized spacial score (nSPS) is 19.7. The number of aliphatic imine (C=N–C) groups is 1. The lowest BCUT2D eigenvalue weighted by Crippen LogP contribution is -2.20. The van der Waals surface area contributed by atoms with E-state index in [9.17, 15) is 0 Å². The molecule has 120 valence electrons. The molecule has 0 radical (unpaired) electrons. The molecule has 23 heavy (non-hydrogen) atoms. The molecule has 0 bridgehead atoms. The second kappa shape index (κ2) is 6.77. The SMILES string of the molecule is CC=CN=CC(=CC)c1cnn2ccc(N3CCC(C)C3)nc12. The Hall–Kier alpha value is -2.43. The van der Waals surface area contributed by atoms with Crippen LogP contribution in [0.5, 0.6) is 0 Å². The highest BCUT2D eigenvalue weighted by Crippen LogP contribution is 2.24. The molecular formula is C18H23N5. The molecule has 0 N–H and O–H groups in total. The molecule has 5 nitrogen and oxygen atoms in total. The van der Waals surface area contributed by atoms with Crippen LogP contribution in [0.1, 0.15) is 32.8 Å². The molecule has 0 aliphatic carbocycles. The Bertz CT molecular complexity index is 769. The number of hydrogen-bond acceptors (Lipinski definition) is 4. The number of aromatic nitrogens is 3. The highest BCUT2D eigenvalue weighted by Gasteiger charge is 2.20.